The van der Waals surface area contributed by atoms with Crippen LogP contribution in [0, 0.1) is 53.3 Å². The van der Waals surface area contributed by atoms with E-state index in [1.807, 2.05) is 0 Å². The highest BCUT2D eigenvalue weighted by molar-refractivity contribution is 5.02. The molecule has 2 saturated heterocycles. The molecule has 43 heavy (non-hydrogen) atoms. The third kappa shape index (κ3) is 11.0. The Morgan fingerprint density at radius 2 is 1.56 bits per heavy atom. The molecule has 1 nitrogen and oxygen atoms in total. The minimum atomic E-state index is 0.630. The highest BCUT2D eigenvalue weighted by Gasteiger charge is 2.40. The number of allylic oxidation sites excluding steroid dienone is 2. The van der Waals surface area contributed by atoms with Gasteiger partial charge in [0, 0.05) is 18.1 Å². The van der Waals surface area contributed by atoms with Crippen LogP contribution >= 0.6 is 0 Å². The van der Waals surface area contributed by atoms with Crippen LogP contribution in [-0.2, 0) is 0 Å². The smallest absolute Gasteiger partial charge is 0.0282 e. The Morgan fingerprint density at radius 1 is 0.814 bits per heavy atom. The van der Waals surface area contributed by atoms with E-state index in [0.29, 0.717) is 6.04 Å². The molecule has 1 heteroatoms. The fourth-order valence-corrected chi connectivity index (χ4v) is 9.74. The maximum Gasteiger partial charge on any atom is 0.0282 e. The van der Waals surface area contributed by atoms with Gasteiger partial charge in [-0.15, -0.1) is 6.58 Å². The van der Waals surface area contributed by atoms with Crippen LogP contribution in [0.2, 0.25) is 0 Å². The molecule has 2 heterocycles. The van der Waals surface area contributed by atoms with Crippen LogP contribution in [0.1, 0.15) is 171 Å². The lowest BCUT2D eigenvalue weighted by Crippen LogP contribution is -2.48. The van der Waals surface area contributed by atoms with Crippen molar-refractivity contribution in [1.29, 1.82) is 0 Å². The summed E-state index contributed by atoms with van der Waals surface area (Å²) >= 11 is 0. The van der Waals surface area contributed by atoms with Crippen molar-refractivity contribution in [2.24, 2.45) is 53.3 Å². The Bertz CT molecular complexity index is 778. The zero-order valence-corrected chi connectivity index (χ0v) is 30.5. The molecule has 3 aliphatic rings. The highest BCUT2D eigenvalue weighted by atomic mass is 15.2. The van der Waals surface area contributed by atoms with Crippen LogP contribution in [0.15, 0.2) is 24.8 Å². The third-order valence-electron chi connectivity index (χ3n) is 13.5. The number of unbranched alkanes of at least 4 members (excludes halogenated alkanes) is 3. The first-order chi connectivity index (χ1) is 20.7. The van der Waals surface area contributed by atoms with Gasteiger partial charge in [0.1, 0.15) is 0 Å². The summed E-state index contributed by atoms with van der Waals surface area (Å²) in [6.07, 6.45) is 32.5. The first kappa shape index (κ1) is 36.9. The Kier molecular flexibility index (Phi) is 16.5. The second-order valence-electron chi connectivity index (χ2n) is 16.6. The highest BCUT2D eigenvalue weighted by Crippen LogP contribution is 2.45. The van der Waals surface area contributed by atoms with Gasteiger partial charge in [-0.25, -0.2) is 0 Å². The lowest BCUT2D eigenvalue weighted by molar-refractivity contribution is 0.0594. The maximum absolute atomic E-state index is 4.25. The van der Waals surface area contributed by atoms with Gasteiger partial charge >= 0.3 is 0 Å². The summed E-state index contributed by atoms with van der Waals surface area (Å²) < 4.78 is 0. The van der Waals surface area contributed by atoms with Gasteiger partial charge in [0.05, 0.1) is 0 Å². The summed E-state index contributed by atoms with van der Waals surface area (Å²) in [7, 11) is 0. The van der Waals surface area contributed by atoms with Gasteiger partial charge in [0.2, 0.25) is 0 Å². The largest absolute Gasteiger partial charge is 0.291 e. The lowest BCUT2D eigenvalue weighted by atomic mass is 9.64. The normalized spacial score (nSPS) is 32.7. The summed E-state index contributed by atoms with van der Waals surface area (Å²) in [6, 6.07) is 2.23. The van der Waals surface area contributed by atoms with Gasteiger partial charge < -0.3 is 0 Å². The average Bonchev–Trinajstić information content (AvgIpc) is 3.37. The molecule has 3 rings (SSSR count). The quantitative estimate of drug-likeness (QED) is 0.106. The molecular formula is C42H77N. The monoisotopic (exact) mass is 596 g/mol. The molecule has 10 unspecified atom stereocenters. The van der Waals surface area contributed by atoms with Gasteiger partial charge in [0.25, 0.3) is 0 Å². The molecule has 0 bridgehead atoms. The fourth-order valence-electron chi connectivity index (χ4n) is 9.74. The van der Waals surface area contributed by atoms with Crippen molar-refractivity contribution in [3.8, 4) is 0 Å². The van der Waals surface area contributed by atoms with Gasteiger partial charge in [-0.05, 0) is 124 Å². The molecule has 0 aromatic carbocycles. The SMILES string of the molecule is C=CC1CCC2CCCC(C)CC(C(CC)CCCC/C=C\CC(C)C3CC(CC(C)C(C)C(C)C(C)CCCC)C3)N12. The topological polar surface area (TPSA) is 3.24 Å². The second kappa shape index (κ2) is 19.2. The molecule has 0 N–H and O–H groups in total. The van der Waals surface area contributed by atoms with Gasteiger partial charge in [-0.3, -0.25) is 4.90 Å². The summed E-state index contributed by atoms with van der Waals surface area (Å²) in [6.45, 7) is 24.2. The summed E-state index contributed by atoms with van der Waals surface area (Å²) in [5.74, 6) is 8.05. The van der Waals surface area contributed by atoms with Crippen LogP contribution in [0.3, 0.4) is 0 Å². The van der Waals surface area contributed by atoms with Crippen molar-refractivity contribution in [2.45, 2.75) is 189 Å². The van der Waals surface area contributed by atoms with Crippen molar-refractivity contribution in [1.82, 2.24) is 4.90 Å². The van der Waals surface area contributed by atoms with Gasteiger partial charge in [-0.1, -0.05) is 119 Å². The Balaban J connectivity index is 1.32. The van der Waals surface area contributed by atoms with E-state index in [4.69, 9.17) is 0 Å². The Morgan fingerprint density at radius 3 is 2.26 bits per heavy atom. The first-order valence-corrected chi connectivity index (χ1v) is 19.7. The summed E-state index contributed by atoms with van der Waals surface area (Å²) in [4.78, 5) is 2.97. The predicted molar refractivity (Wildman–Crippen MR) is 192 cm³/mol. The van der Waals surface area contributed by atoms with E-state index < -0.39 is 0 Å². The zero-order chi connectivity index (χ0) is 31.4. The van der Waals surface area contributed by atoms with E-state index in [-0.39, 0.29) is 0 Å². The molecule has 250 valence electrons. The van der Waals surface area contributed by atoms with Crippen LogP contribution in [0.5, 0.6) is 0 Å². The molecule has 0 spiro atoms. The average molecular weight is 596 g/mol. The van der Waals surface area contributed by atoms with E-state index in [0.717, 1.165) is 65.3 Å². The molecule has 2 aliphatic heterocycles. The Hall–Kier alpha value is -0.560. The minimum Gasteiger partial charge on any atom is -0.291 e. The molecule has 1 saturated carbocycles. The van der Waals surface area contributed by atoms with Gasteiger partial charge in [0.15, 0.2) is 0 Å². The molecule has 0 radical (unpaired) electrons. The molecule has 0 aromatic rings. The number of hydrogen-bond donors (Lipinski definition) is 0. The number of hydrogen-bond acceptors (Lipinski definition) is 1. The van der Waals surface area contributed by atoms with Gasteiger partial charge in [-0.2, -0.15) is 0 Å². The van der Waals surface area contributed by atoms with Crippen molar-refractivity contribution >= 4 is 0 Å². The molecule has 0 amide bonds. The summed E-state index contributed by atoms with van der Waals surface area (Å²) in [5, 5.41) is 0. The van der Waals surface area contributed by atoms with Crippen molar-refractivity contribution < 1.29 is 0 Å². The third-order valence-corrected chi connectivity index (χ3v) is 13.5. The first-order valence-electron chi connectivity index (χ1n) is 19.7. The van der Waals surface area contributed by atoms with Crippen molar-refractivity contribution in [3.05, 3.63) is 24.8 Å². The zero-order valence-electron chi connectivity index (χ0n) is 30.5. The summed E-state index contributed by atoms with van der Waals surface area (Å²) in [5.41, 5.74) is 0. The van der Waals surface area contributed by atoms with Crippen LogP contribution in [0.4, 0.5) is 0 Å². The van der Waals surface area contributed by atoms with Crippen molar-refractivity contribution in [2.75, 3.05) is 0 Å². The van der Waals surface area contributed by atoms with E-state index in [1.54, 1.807) is 0 Å². The van der Waals surface area contributed by atoms with E-state index in [1.165, 1.54) is 116 Å². The number of fused-ring (bicyclic) bond motifs is 1. The van der Waals surface area contributed by atoms with Crippen LogP contribution in [-0.4, -0.2) is 23.0 Å². The predicted octanol–water partition coefficient (Wildman–Crippen LogP) is 12.9. The number of nitrogens with zero attached hydrogens (tertiary/aromatic N) is 1. The van der Waals surface area contributed by atoms with Crippen LogP contribution in [0.25, 0.3) is 0 Å². The molecular weight excluding hydrogens is 518 g/mol. The molecule has 10 atom stereocenters. The minimum absolute atomic E-state index is 0.630. The Labute approximate surface area is 271 Å². The lowest BCUT2D eigenvalue weighted by Gasteiger charge is -2.44. The number of rotatable bonds is 19. The fraction of sp³-hybridized carbons (Fsp3) is 0.905. The second-order valence-corrected chi connectivity index (χ2v) is 16.6. The maximum atomic E-state index is 4.25. The van der Waals surface area contributed by atoms with E-state index in [9.17, 15) is 0 Å². The van der Waals surface area contributed by atoms with Crippen LogP contribution < -0.4 is 0 Å². The molecule has 0 aromatic heterocycles. The van der Waals surface area contributed by atoms with Crippen molar-refractivity contribution in [3.63, 3.8) is 0 Å². The van der Waals surface area contributed by atoms with E-state index >= 15 is 0 Å². The standard InChI is InChI=1S/C42H77N/c1-10-13-21-32(5)35(8)36(9)34(7)28-37-29-39(30-37)33(6)22-17-15-14-16-18-23-38(11-2)42-27-31(4)20-19-24-41-26-25-40(12-3)43(41)42/h12,15,17,31-42H,3,10-11,13-14,16,18-30H2,1-2,4-9H3/b17-15-. The molecule has 3 fully saturated rings. The van der Waals surface area contributed by atoms with E-state index in [2.05, 4.69) is 85.1 Å². The molecule has 1 aliphatic carbocycles.